The Morgan fingerprint density at radius 2 is 1.60 bits per heavy atom. The van der Waals surface area contributed by atoms with Gasteiger partial charge in [-0.05, 0) is 29.7 Å². The topological polar surface area (TPSA) is 20.3 Å². The highest BCUT2D eigenvalue weighted by Crippen LogP contribution is 2.17. The Morgan fingerprint density at radius 3 is 2.20 bits per heavy atom. The van der Waals surface area contributed by atoms with E-state index in [1.807, 2.05) is 48.5 Å². The molecule has 0 radical (unpaired) electrons. The highest BCUT2D eigenvalue weighted by Gasteiger charge is 2.15. The van der Waals surface area contributed by atoms with E-state index in [-0.39, 0.29) is 11.9 Å². The molecule has 104 valence electrons. The van der Waals surface area contributed by atoms with Crippen molar-refractivity contribution in [2.45, 2.75) is 19.8 Å². The maximum absolute atomic E-state index is 12.5. The van der Waals surface area contributed by atoms with Crippen LogP contribution in [0.4, 0.5) is 5.69 Å². The number of carbonyl (C=O) groups is 1. The molecule has 2 aromatic carbocycles. The van der Waals surface area contributed by atoms with Gasteiger partial charge in [-0.3, -0.25) is 9.69 Å². The fourth-order valence-electron chi connectivity index (χ4n) is 2.22. The van der Waals surface area contributed by atoms with Gasteiger partial charge >= 0.3 is 0 Å². The van der Waals surface area contributed by atoms with E-state index in [4.69, 9.17) is 11.6 Å². The van der Waals surface area contributed by atoms with Crippen molar-refractivity contribution < 1.29 is 4.79 Å². The molecule has 0 saturated carbocycles. The first-order valence-corrected chi connectivity index (χ1v) is 7.28. The SMILES string of the molecule is CCc1ccccc1CC(=O)N(CCl)c1ccccc1. The number of rotatable bonds is 5. The van der Waals surface area contributed by atoms with Crippen LogP contribution in [-0.2, 0) is 17.6 Å². The molecule has 0 atom stereocenters. The molecule has 0 heterocycles. The van der Waals surface area contributed by atoms with E-state index in [1.165, 1.54) is 5.56 Å². The van der Waals surface area contributed by atoms with E-state index in [1.54, 1.807) is 4.90 Å². The van der Waals surface area contributed by atoms with Gasteiger partial charge in [0.15, 0.2) is 0 Å². The molecule has 0 aliphatic carbocycles. The monoisotopic (exact) mass is 287 g/mol. The van der Waals surface area contributed by atoms with Crippen molar-refractivity contribution in [2.75, 3.05) is 10.9 Å². The zero-order valence-corrected chi connectivity index (χ0v) is 12.3. The first kappa shape index (κ1) is 14.6. The molecule has 0 fully saturated rings. The highest BCUT2D eigenvalue weighted by atomic mass is 35.5. The van der Waals surface area contributed by atoms with E-state index in [2.05, 4.69) is 13.0 Å². The Labute approximate surface area is 125 Å². The Morgan fingerprint density at radius 1 is 1.00 bits per heavy atom. The van der Waals surface area contributed by atoms with Gasteiger partial charge in [0.05, 0.1) is 6.42 Å². The lowest BCUT2D eigenvalue weighted by molar-refractivity contribution is -0.117. The molecule has 2 rings (SSSR count). The van der Waals surface area contributed by atoms with Gasteiger partial charge in [-0.1, -0.05) is 49.4 Å². The number of alkyl halides is 1. The third-order valence-corrected chi connectivity index (χ3v) is 3.57. The Kier molecular flexibility index (Phi) is 5.19. The average Bonchev–Trinajstić information content (AvgIpc) is 2.49. The zero-order valence-electron chi connectivity index (χ0n) is 11.6. The number of halogens is 1. The van der Waals surface area contributed by atoms with Gasteiger partial charge in [0.1, 0.15) is 6.00 Å². The fourth-order valence-corrected chi connectivity index (χ4v) is 2.49. The van der Waals surface area contributed by atoms with Gasteiger partial charge in [-0.25, -0.2) is 0 Å². The summed E-state index contributed by atoms with van der Waals surface area (Å²) >= 11 is 5.94. The minimum absolute atomic E-state index is 0.0205. The number of para-hydroxylation sites is 1. The molecule has 0 aliphatic rings. The summed E-state index contributed by atoms with van der Waals surface area (Å²) in [5.74, 6) is 0.0205. The number of carbonyl (C=O) groups excluding carboxylic acids is 1. The quantitative estimate of drug-likeness (QED) is 0.601. The summed E-state index contributed by atoms with van der Waals surface area (Å²) < 4.78 is 0. The van der Waals surface area contributed by atoms with Gasteiger partial charge in [0, 0.05) is 5.69 Å². The maximum atomic E-state index is 12.5. The van der Waals surface area contributed by atoms with Gasteiger partial charge in [-0.2, -0.15) is 0 Å². The first-order valence-electron chi connectivity index (χ1n) is 6.74. The molecule has 3 heteroatoms. The number of benzene rings is 2. The number of amides is 1. The van der Waals surface area contributed by atoms with E-state index >= 15 is 0 Å². The van der Waals surface area contributed by atoms with E-state index in [0.29, 0.717) is 6.42 Å². The predicted octanol–water partition coefficient (Wildman–Crippen LogP) is 4.02. The molecule has 0 unspecified atom stereocenters. The van der Waals surface area contributed by atoms with Crippen LogP contribution in [0.5, 0.6) is 0 Å². The largest absolute Gasteiger partial charge is 0.298 e. The molecular formula is C17H18ClNO. The van der Waals surface area contributed by atoms with Crippen molar-refractivity contribution in [1.82, 2.24) is 0 Å². The summed E-state index contributed by atoms with van der Waals surface area (Å²) in [4.78, 5) is 14.1. The molecule has 0 aliphatic heterocycles. The van der Waals surface area contributed by atoms with Crippen LogP contribution in [0.15, 0.2) is 54.6 Å². The summed E-state index contributed by atoms with van der Waals surface area (Å²) in [5.41, 5.74) is 3.12. The zero-order chi connectivity index (χ0) is 14.4. The normalized spacial score (nSPS) is 10.3. The van der Waals surface area contributed by atoms with E-state index in [0.717, 1.165) is 17.7 Å². The van der Waals surface area contributed by atoms with Crippen LogP contribution in [0.25, 0.3) is 0 Å². The molecule has 2 nitrogen and oxygen atoms in total. The molecule has 0 N–H and O–H groups in total. The minimum atomic E-state index is 0.0205. The molecular weight excluding hydrogens is 270 g/mol. The lowest BCUT2D eigenvalue weighted by atomic mass is 10.0. The van der Waals surface area contributed by atoms with Gasteiger partial charge < -0.3 is 0 Å². The summed E-state index contributed by atoms with van der Waals surface area (Å²) in [6.07, 6.45) is 1.31. The smallest absolute Gasteiger partial charge is 0.232 e. The fraction of sp³-hybridized carbons (Fsp3) is 0.235. The lowest BCUT2D eigenvalue weighted by Gasteiger charge is -2.20. The van der Waals surface area contributed by atoms with Crippen LogP contribution in [0.3, 0.4) is 0 Å². The van der Waals surface area contributed by atoms with Crippen LogP contribution in [-0.4, -0.2) is 11.9 Å². The minimum Gasteiger partial charge on any atom is -0.298 e. The van der Waals surface area contributed by atoms with Crippen molar-refractivity contribution in [3.63, 3.8) is 0 Å². The average molecular weight is 288 g/mol. The molecule has 0 aromatic heterocycles. The van der Waals surface area contributed by atoms with Gasteiger partial charge in [0.2, 0.25) is 5.91 Å². The van der Waals surface area contributed by atoms with Gasteiger partial charge in [0.25, 0.3) is 0 Å². The summed E-state index contributed by atoms with van der Waals surface area (Å²) in [5, 5.41) is 0. The Hall–Kier alpha value is -1.80. The van der Waals surface area contributed by atoms with Crippen LogP contribution in [0.1, 0.15) is 18.1 Å². The third kappa shape index (κ3) is 3.40. The standard InChI is InChI=1S/C17H18ClNO/c1-2-14-8-6-7-9-15(14)12-17(20)19(13-18)16-10-4-3-5-11-16/h3-11H,2,12-13H2,1H3. The summed E-state index contributed by atoms with van der Waals surface area (Å²) in [7, 11) is 0. The molecule has 1 amide bonds. The van der Waals surface area contributed by atoms with Crippen molar-refractivity contribution >= 4 is 23.2 Å². The second kappa shape index (κ2) is 7.11. The van der Waals surface area contributed by atoms with Crippen molar-refractivity contribution in [3.05, 3.63) is 65.7 Å². The highest BCUT2D eigenvalue weighted by molar-refractivity contribution is 6.21. The summed E-state index contributed by atoms with van der Waals surface area (Å²) in [6.45, 7) is 2.10. The molecule has 0 bridgehead atoms. The first-order chi connectivity index (χ1) is 9.76. The number of hydrogen-bond donors (Lipinski definition) is 0. The maximum Gasteiger partial charge on any atom is 0.232 e. The Balaban J connectivity index is 2.18. The third-order valence-electron chi connectivity index (χ3n) is 3.33. The molecule has 20 heavy (non-hydrogen) atoms. The van der Waals surface area contributed by atoms with Crippen LogP contribution in [0, 0.1) is 0 Å². The second-order valence-electron chi connectivity index (χ2n) is 4.58. The number of nitrogens with zero attached hydrogens (tertiary/aromatic N) is 1. The van der Waals surface area contributed by atoms with Crippen LogP contribution in [0.2, 0.25) is 0 Å². The Bertz CT molecular complexity index is 568. The molecule has 2 aromatic rings. The van der Waals surface area contributed by atoms with Gasteiger partial charge in [-0.15, -0.1) is 11.6 Å². The number of anilines is 1. The summed E-state index contributed by atoms with van der Waals surface area (Å²) in [6, 6.07) is 17.7. The van der Waals surface area contributed by atoms with Crippen molar-refractivity contribution in [3.8, 4) is 0 Å². The number of aryl methyl sites for hydroxylation is 1. The van der Waals surface area contributed by atoms with E-state index < -0.39 is 0 Å². The van der Waals surface area contributed by atoms with Crippen LogP contribution < -0.4 is 4.90 Å². The lowest BCUT2D eigenvalue weighted by Crippen LogP contribution is -2.31. The van der Waals surface area contributed by atoms with Crippen molar-refractivity contribution in [2.24, 2.45) is 0 Å². The van der Waals surface area contributed by atoms with E-state index in [9.17, 15) is 4.79 Å². The van der Waals surface area contributed by atoms with Crippen LogP contribution >= 0.6 is 11.6 Å². The second-order valence-corrected chi connectivity index (χ2v) is 4.81. The molecule has 0 saturated heterocycles. The molecule has 0 spiro atoms. The number of hydrogen-bond acceptors (Lipinski definition) is 1. The van der Waals surface area contributed by atoms with Crippen molar-refractivity contribution in [1.29, 1.82) is 0 Å². The predicted molar refractivity (Wildman–Crippen MR) is 84.2 cm³/mol.